The van der Waals surface area contributed by atoms with Crippen LogP contribution in [0.3, 0.4) is 0 Å². The van der Waals surface area contributed by atoms with Gasteiger partial charge in [0.2, 0.25) is 5.91 Å². The molecule has 2 aromatic rings. The minimum Gasteiger partial charge on any atom is -0.340 e. The normalized spacial score (nSPS) is 15.6. The average Bonchev–Trinajstić information content (AvgIpc) is 3.00. The van der Waals surface area contributed by atoms with Crippen molar-refractivity contribution in [3.8, 4) is 11.4 Å². The van der Waals surface area contributed by atoms with Crippen LogP contribution in [0.25, 0.3) is 11.4 Å². The molecule has 0 unspecified atom stereocenters. The van der Waals surface area contributed by atoms with Crippen molar-refractivity contribution in [3.63, 3.8) is 0 Å². The maximum absolute atomic E-state index is 12.6. The molecule has 1 aromatic carbocycles. The summed E-state index contributed by atoms with van der Waals surface area (Å²) in [5, 5.41) is 7.22. The number of hydrogen-bond acceptors (Lipinski definition) is 4. The molecular weight excluding hydrogens is 346 g/mol. The van der Waals surface area contributed by atoms with Gasteiger partial charge in [-0.2, -0.15) is 5.10 Å². The van der Waals surface area contributed by atoms with Gasteiger partial charge in [0.25, 0.3) is 0 Å². The number of H-pyrrole nitrogens is 1. The van der Waals surface area contributed by atoms with Crippen molar-refractivity contribution in [2.45, 2.75) is 39.8 Å². The molecule has 6 nitrogen and oxygen atoms in total. The molecule has 0 atom stereocenters. The standard InChI is InChI=1S/C19H27N5OS/c1-14(2)22-9-11-23(12-10-22)17(25)7-8-24-18(20-21-19(24)26)16-6-4-5-15(3)13-16/h4-6,13-14H,7-12H2,1-3H3,(H,21,26). The number of nitrogens with zero attached hydrogens (tertiary/aromatic N) is 4. The van der Waals surface area contributed by atoms with Gasteiger partial charge in [-0.25, -0.2) is 0 Å². The van der Waals surface area contributed by atoms with E-state index in [0.29, 0.717) is 23.8 Å². The highest BCUT2D eigenvalue weighted by Gasteiger charge is 2.22. The van der Waals surface area contributed by atoms with Crippen molar-refractivity contribution in [1.82, 2.24) is 24.6 Å². The van der Waals surface area contributed by atoms with Crippen LogP contribution in [0, 0.1) is 11.7 Å². The van der Waals surface area contributed by atoms with Crippen molar-refractivity contribution in [1.29, 1.82) is 0 Å². The molecule has 0 spiro atoms. The summed E-state index contributed by atoms with van der Waals surface area (Å²) >= 11 is 5.37. The zero-order chi connectivity index (χ0) is 18.7. The maximum atomic E-state index is 12.6. The molecule has 0 aliphatic carbocycles. The van der Waals surface area contributed by atoms with E-state index in [9.17, 15) is 4.79 Å². The molecule has 0 bridgehead atoms. The third kappa shape index (κ3) is 4.22. The summed E-state index contributed by atoms with van der Waals surface area (Å²) in [4.78, 5) is 17.0. The second-order valence-corrected chi connectivity index (χ2v) is 7.52. The number of benzene rings is 1. The molecule has 140 valence electrons. The second-order valence-electron chi connectivity index (χ2n) is 7.13. The molecule has 7 heteroatoms. The Hall–Kier alpha value is -1.99. The second kappa shape index (κ2) is 8.14. The number of aromatic nitrogens is 3. The van der Waals surface area contributed by atoms with E-state index in [1.54, 1.807) is 0 Å². The lowest BCUT2D eigenvalue weighted by atomic mass is 10.1. The van der Waals surface area contributed by atoms with Gasteiger partial charge in [0.05, 0.1) is 0 Å². The third-order valence-corrected chi connectivity index (χ3v) is 5.29. The van der Waals surface area contributed by atoms with Gasteiger partial charge >= 0.3 is 0 Å². The fourth-order valence-corrected chi connectivity index (χ4v) is 3.61. The number of aryl methyl sites for hydroxylation is 1. The van der Waals surface area contributed by atoms with Crippen molar-refractivity contribution in [3.05, 3.63) is 34.6 Å². The van der Waals surface area contributed by atoms with Gasteiger partial charge in [0.1, 0.15) is 0 Å². The molecule has 1 amide bonds. The molecule has 1 N–H and O–H groups in total. The van der Waals surface area contributed by atoms with Crippen molar-refractivity contribution >= 4 is 18.1 Å². The number of rotatable bonds is 5. The lowest BCUT2D eigenvalue weighted by Gasteiger charge is -2.37. The third-order valence-electron chi connectivity index (χ3n) is 4.98. The van der Waals surface area contributed by atoms with E-state index in [1.165, 1.54) is 5.56 Å². The van der Waals surface area contributed by atoms with Gasteiger partial charge in [-0.05, 0) is 39.1 Å². The molecule has 1 fully saturated rings. The predicted octanol–water partition coefficient (Wildman–Crippen LogP) is 2.86. The SMILES string of the molecule is Cc1cccc(-c2n[nH]c(=S)n2CCC(=O)N2CCN(C(C)C)CC2)c1. The lowest BCUT2D eigenvalue weighted by molar-refractivity contribution is -0.133. The number of amides is 1. The quantitative estimate of drug-likeness (QED) is 0.819. The highest BCUT2D eigenvalue weighted by molar-refractivity contribution is 7.71. The largest absolute Gasteiger partial charge is 0.340 e. The first kappa shape index (κ1) is 18.8. The molecule has 2 heterocycles. The molecular formula is C19H27N5OS. The van der Waals surface area contributed by atoms with Crippen molar-refractivity contribution < 1.29 is 4.79 Å². The molecule has 1 aromatic heterocycles. The van der Waals surface area contributed by atoms with E-state index >= 15 is 0 Å². The summed E-state index contributed by atoms with van der Waals surface area (Å²) < 4.78 is 2.48. The van der Waals surface area contributed by atoms with Gasteiger partial charge in [0, 0.05) is 50.7 Å². The molecule has 26 heavy (non-hydrogen) atoms. The summed E-state index contributed by atoms with van der Waals surface area (Å²) in [5.41, 5.74) is 2.18. The highest BCUT2D eigenvalue weighted by Crippen LogP contribution is 2.19. The molecule has 0 saturated carbocycles. The van der Waals surface area contributed by atoms with Crippen molar-refractivity contribution in [2.75, 3.05) is 26.2 Å². The summed E-state index contributed by atoms with van der Waals surface area (Å²) in [6.07, 6.45) is 0.439. The number of piperazine rings is 1. The summed E-state index contributed by atoms with van der Waals surface area (Å²) in [6, 6.07) is 8.69. The van der Waals surface area contributed by atoms with Crippen LogP contribution in [0.1, 0.15) is 25.8 Å². The Bertz CT molecular complexity index is 817. The Morgan fingerprint density at radius 3 is 2.65 bits per heavy atom. The van der Waals surface area contributed by atoms with E-state index in [-0.39, 0.29) is 5.91 Å². The maximum Gasteiger partial charge on any atom is 0.224 e. The first-order valence-electron chi connectivity index (χ1n) is 9.20. The van der Waals surface area contributed by atoms with Crippen LogP contribution in [0.2, 0.25) is 0 Å². The van der Waals surface area contributed by atoms with E-state index in [4.69, 9.17) is 12.2 Å². The van der Waals surface area contributed by atoms with E-state index < -0.39 is 0 Å². The van der Waals surface area contributed by atoms with Crippen LogP contribution in [0.5, 0.6) is 0 Å². The Labute approximate surface area is 159 Å². The molecule has 1 aliphatic rings. The zero-order valence-electron chi connectivity index (χ0n) is 15.7. The van der Waals surface area contributed by atoms with Crippen LogP contribution < -0.4 is 0 Å². The van der Waals surface area contributed by atoms with E-state index in [0.717, 1.165) is 37.6 Å². The molecule has 1 aliphatic heterocycles. The first-order valence-corrected chi connectivity index (χ1v) is 9.60. The molecule has 0 radical (unpaired) electrons. The fraction of sp³-hybridized carbons (Fsp3) is 0.526. The van der Waals surface area contributed by atoms with Crippen LogP contribution in [-0.4, -0.2) is 62.7 Å². The number of aromatic amines is 1. The fourth-order valence-electron chi connectivity index (χ4n) is 3.38. The van der Waals surface area contributed by atoms with Gasteiger partial charge in [-0.15, -0.1) is 0 Å². The van der Waals surface area contributed by atoms with Gasteiger partial charge in [0.15, 0.2) is 10.6 Å². The van der Waals surface area contributed by atoms with Crippen LogP contribution in [0.15, 0.2) is 24.3 Å². The van der Waals surface area contributed by atoms with Gasteiger partial charge in [-0.1, -0.05) is 23.8 Å². The lowest BCUT2D eigenvalue weighted by Crippen LogP contribution is -2.50. The zero-order valence-corrected chi connectivity index (χ0v) is 16.6. The average molecular weight is 374 g/mol. The molecule has 3 rings (SSSR count). The number of nitrogens with one attached hydrogen (secondary N) is 1. The topological polar surface area (TPSA) is 57.2 Å². The van der Waals surface area contributed by atoms with E-state index in [1.807, 2.05) is 21.6 Å². The Morgan fingerprint density at radius 2 is 2.00 bits per heavy atom. The summed E-state index contributed by atoms with van der Waals surface area (Å²) in [7, 11) is 0. The molecule has 1 saturated heterocycles. The smallest absolute Gasteiger partial charge is 0.224 e. The number of carbonyl (C=O) groups excluding carboxylic acids is 1. The Morgan fingerprint density at radius 1 is 1.27 bits per heavy atom. The van der Waals surface area contributed by atoms with Gasteiger partial charge < -0.3 is 4.90 Å². The van der Waals surface area contributed by atoms with Crippen LogP contribution >= 0.6 is 12.2 Å². The minimum atomic E-state index is 0.187. The van der Waals surface area contributed by atoms with Crippen LogP contribution in [-0.2, 0) is 11.3 Å². The minimum absolute atomic E-state index is 0.187. The Balaban J connectivity index is 1.65. The van der Waals surface area contributed by atoms with E-state index in [2.05, 4.69) is 48.0 Å². The Kier molecular flexibility index (Phi) is 5.88. The summed E-state index contributed by atoms with van der Waals surface area (Å²) in [5.74, 6) is 0.975. The van der Waals surface area contributed by atoms with Crippen molar-refractivity contribution in [2.24, 2.45) is 0 Å². The van der Waals surface area contributed by atoms with Gasteiger partial charge in [-0.3, -0.25) is 19.4 Å². The summed E-state index contributed by atoms with van der Waals surface area (Å²) in [6.45, 7) is 10.5. The first-order chi connectivity index (χ1) is 12.5. The number of carbonyl (C=O) groups is 1. The monoisotopic (exact) mass is 373 g/mol. The number of hydrogen-bond donors (Lipinski definition) is 1. The van der Waals surface area contributed by atoms with Crippen LogP contribution in [0.4, 0.5) is 0 Å². The highest BCUT2D eigenvalue weighted by atomic mass is 32.1. The predicted molar refractivity (Wildman–Crippen MR) is 105 cm³/mol.